The van der Waals surface area contributed by atoms with Crippen LogP contribution in [-0.4, -0.2) is 33.1 Å². The van der Waals surface area contributed by atoms with Crippen molar-refractivity contribution in [2.24, 2.45) is 5.10 Å². The van der Waals surface area contributed by atoms with E-state index in [4.69, 9.17) is 33.0 Å². The third kappa shape index (κ3) is 4.66. The van der Waals surface area contributed by atoms with Gasteiger partial charge in [-0.2, -0.15) is 9.78 Å². The van der Waals surface area contributed by atoms with E-state index in [2.05, 4.69) is 26.0 Å². The summed E-state index contributed by atoms with van der Waals surface area (Å²) in [7, 11) is 0. The monoisotopic (exact) mass is 511 g/mol. The van der Waals surface area contributed by atoms with E-state index in [1.54, 1.807) is 12.1 Å². The van der Waals surface area contributed by atoms with Gasteiger partial charge in [-0.15, -0.1) is 0 Å². The van der Waals surface area contributed by atoms with Crippen molar-refractivity contribution >= 4 is 62.2 Å². The number of aromatic nitrogens is 2. The molecule has 0 aliphatic heterocycles. The summed E-state index contributed by atoms with van der Waals surface area (Å²) >= 11 is 15.8. The fourth-order valence-electron chi connectivity index (χ4n) is 2.66. The van der Waals surface area contributed by atoms with E-state index in [0.29, 0.717) is 28.7 Å². The van der Waals surface area contributed by atoms with Gasteiger partial charge in [-0.3, -0.25) is 4.79 Å². The van der Waals surface area contributed by atoms with Crippen LogP contribution in [0.15, 0.2) is 44.7 Å². The highest BCUT2D eigenvalue weighted by molar-refractivity contribution is 9.10. The molecule has 156 valence electrons. The van der Waals surface area contributed by atoms with Crippen molar-refractivity contribution in [3.8, 4) is 5.75 Å². The summed E-state index contributed by atoms with van der Waals surface area (Å²) in [5, 5.41) is 13.9. The number of rotatable bonds is 6. The molecule has 30 heavy (non-hydrogen) atoms. The Labute approximate surface area is 190 Å². The molecule has 3 rings (SSSR count). The maximum absolute atomic E-state index is 12.9. The van der Waals surface area contributed by atoms with Gasteiger partial charge in [0.1, 0.15) is 5.82 Å². The van der Waals surface area contributed by atoms with Crippen molar-refractivity contribution in [3.63, 3.8) is 0 Å². The first-order valence-electron chi connectivity index (χ1n) is 8.85. The third-order valence-electron chi connectivity index (χ3n) is 4.18. The van der Waals surface area contributed by atoms with Gasteiger partial charge in [0, 0.05) is 10.9 Å². The number of carbonyl (C=O) groups is 1. The Morgan fingerprint density at radius 3 is 2.60 bits per heavy atom. The maximum atomic E-state index is 12.9. The van der Waals surface area contributed by atoms with Crippen LogP contribution < -0.4 is 10.3 Å². The van der Waals surface area contributed by atoms with Crippen molar-refractivity contribution in [2.75, 3.05) is 0 Å². The van der Waals surface area contributed by atoms with Crippen LogP contribution in [0, 0.1) is 0 Å². The molecule has 0 saturated heterocycles. The Morgan fingerprint density at radius 1 is 1.33 bits per heavy atom. The SMILES string of the molecule is CCc1nc2ccc(Br)cc2c(=O)n1N=Cc1cc(Cl)c(O[C@@H](C)C(=O)O)c(Cl)c1. The lowest BCUT2D eigenvalue weighted by atomic mass is 10.2. The van der Waals surface area contributed by atoms with Crippen LogP contribution >= 0.6 is 39.1 Å². The number of hydrogen-bond donors (Lipinski definition) is 1. The fourth-order valence-corrected chi connectivity index (χ4v) is 3.61. The fraction of sp³-hybridized carbons (Fsp3) is 0.200. The Hall–Kier alpha value is -2.42. The summed E-state index contributed by atoms with van der Waals surface area (Å²) in [6, 6.07) is 8.32. The second-order valence-corrected chi connectivity index (χ2v) is 8.05. The lowest BCUT2D eigenvalue weighted by molar-refractivity contribution is -0.144. The average molecular weight is 513 g/mol. The molecule has 0 spiro atoms. The molecule has 0 bridgehead atoms. The van der Waals surface area contributed by atoms with E-state index >= 15 is 0 Å². The number of carboxylic acid groups (broad SMARTS) is 1. The predicted octanol–water partition coefficient (Wildman–Crippen LogP) is 4.76. The highest BCUT2D eigenvalue weighted by atomic mass is 79.9. The molecular weight excluding hydrogens is 497 g/mol. The summed E-state index contributed by atoms with van der Waals surface area (Å²) in [5.74, 6) is -0.581. The summed E-state index contributed by atoms with van der Waals surface area (Å²) in [4.78, 5) is 28.4. The number of ether oxygens (including phenoxy) is 1. The van der Waals surface area contributed by atoms with Crippen LogP contribution in [0.2, 0.25) is 10.0 Å². The molecule has 7 nitrogen and oxygen atoms in total. The van der Waals surface area contributed by atoms with Gasteiger partial charge in [0.25, 0.3) is 5.56 Å². The molecule has 1 heterocycles. The highest BCUT2D eigenvalue weighted by Gasteiger charge is 2.17. The van der Waals surface area contributed by atoms with Crippen LogP contribution in [0.1, 0.15) is 25.2 Å². The molecule has 2 aromatic carbocycles. The third-order valence-corrected chi connectivity index (χ3v) is 5.23. The van der Waals surface area contributed by atoms with E-state index in [-0.39, 0.29) is 21.4 Å². The molecule has 0 radical (unpaired) electrons. The quantitative estimate of drug-likeness (QED) is 0.480. The minimum Gasteiger partial charge on any atom is -0.479 e. The van der Waals surface area contributed by atoms with Gasteiger partial charge in [-0.25, -0.2) is 9.78 Å². The van der Waals surface area contributed by atoms with Gasteiger partial charge in [-0.1, -0.05) is 46.1 Å². The first-order valence-corrected chi connectivity index (χ1v) is 10.4. The first kappa shape index (κ1) is 22.3. The van der Waals surface area contributed by atoms with Gasteiger partial charge >= 0.3 is 5.97 Å². The zero-order valence-electron chi connectivity index (χ0n) is 15.9. The highest BCUT2D eigenvalue weighted by Crippen LogP contribution is 2.34. The van der Waals surface area contributed by atoms with Crippen molar-refractivity contribution in [1.29, 1.82) is 0 Å². The topological polar surface area (TPSA) is 93.8 Å². The molecule has 1 atom stereocenters. The molecular formula is C20H16BrCl2N3O4. The van der Waals surface area contributed by atoms with E-state index < -0.39 is 12.1 Å². The van der Waals surface area contributed by atoms with Gasteiger partial charge in [0.15, 0.2) is 11.9 Å². The number of fused-ring (bicyclic) bond motifs is 1. The second-order valence-electron chi connectivity index (χ2n) is 6.32. The van der Waals surface area contributed by atoms with E-state index in [1.165, 1.54) is 29.9 Å². The van der Waals surface area contributed by atoms with Gasteiger partial charge in [0.2, 0.25) is 0 Å². The van der Waals surface area contributed by atoms with E-state index in [9.17, 15) is 9.59 Å². The standard InChI is InChI=1S/C20H16BrCl2N3O4/c1-3-17-25-16-5-4-12(21)8-13(16)19(27)26(17)24-9-11-6-14(22)18(15(23)7-11)30-10(2)20(28)29/h4-10H,3H2,1-2H3,(H,28,29)/t10-/m0/s1. The zero-order valence-corrected chi connectivity index (χ0v) is 19.0. The van der Waals surface area contributed by atoms with Gasteiger partial charge in [0.05, 0.1) is 27.2 Å². The molecule has 0 aliphatic carbocycles. The van der Waals surface area contributed by atoms with Crippen molar-refractivity contribution in [1.82, 2.24) is 9.66 Å². The van der Waals surface area contributed by atoms with Gasteiger partial charge < -0.3 is 9.84 Å². The summed E-state index contributed by atoms with van der Waals surface area (Å²) in [5.41, 5.74) is 0.789. The number of aryl methyl sites for hydroxylation is 1. The van der Waals surface area contributed by atoms with E-state index in [1.807, 2.05) is 13.0 Å². The smallest absolute Gasteiger partial charge is 0.344 e. The molecule has 0 saturated carbocycles. The second kappa shape index (κ2) is 9.16. The first-order chi connectivity index (χ1) is 14.2. The minimum atomic E-state index is -1.14. The number of benzene rings is 2. The van der Waals surface area contributed by atoms with Crippen LogP contribution in [0.5, 0.6) is 5.75 Å². The van der Waals surface area contributed by atoms with E-state index in [0.717, 1.165) is 4.47 Å². The average Bonchev–Trinajstić information content (AvgIpc) is 2.70. The number of halogens is 3. The van der Waals surface area contributed by atoms with Crippen LogP contribution in [0.25, 0.3) is 10.9 Å². The Bertz CT molecular complexity index is 1200. The maximum Gasteiger partial charge on any atom is 0.344 e. The molecule has 0 fully saturated rings. The van der Waals surface area contributed by atoms with Crippen molar-refractivity contribution in [3.05, 3.63) is 66.6 Å². The summed E-state index contributed by atoms with van der Waals surface area (Å²) in [6.07, 6.45) is 0.807. The lowest BCUT2D eigenvalue weighted by Crippen LogP contribution is -2.23. The van der Waals surface area contributed by atoms with Crippen LogP contribution in [0.4, 0.5) is 0 Å². The van der Waals surface area contributed by atoms with Crippen molar-refractivity contribution in [2.45, 2.75) is 26.4 Å². The zero-order chi connectivity index (χ0) is 22.0. The molecule has 0 amide bonds. The number of hydrogen-bond acceptors (Lipinski definition) is 5. The molecule has 0 unspecified atom stereocenters. The molecule has 0 aliphatic rings. The molecule has 1 N–H and O–H groups in total. The van der Waals surface area contributed by atoms with Crippen molar-refractivity contribution < 1.29 is 14.6 Å². The number of nitrogens with zero attached hydrogens (tertiary/aromatic N) is 3. The predicted molar refractivity (Wildman–Crippen MR) is 120 cm³/mol. The minimum absolute atomic E-state index is 0.0639. The number of aliphatic carboxylic acids is 1. The lowest BCUT2D eigenvalue weighted by Gasteiger charge is -2.14. The Kier molecular flexibility index (Phi) is 6.80. The largest absolute Gasteiger partial charge is 0.479 e. The van der Waals surface area contributed by atoms with Crippen LogP contribution in [0.3, 0.4) is 0 Å². The summed E-state index contributed by atoms with van der Waals surface area (Å²) in [6.45, 7) is 3.25. The molecule has 3 aromatic rings. The number of carboxylic acids is 1. The van der Waals surface area contributed by atoms with Crippen LogP contribution in [-0.2, 0) is 11.2 Å². The Balaban J connectivity index is 2.01. The van der Waals surface area contributed by atoms with Gasteiger partial charge in [-0.05, 0) is 42.8 Å². The molecule has 10 heteroatoms. The summed E-state index contributed by atoms with van der Waals surface area (Å²) < 4.78 is 7.28. The Morgan fingerprint density at radius 2 is 2.00 bits per heavy atom. The molecule has 1 aromatic heterocycles. The normalized spacial score (nSPS) is 12.4.